The van der Waals surface area contributed by atoms with Gasteiger partial charge >= 0.3 is 6.03 Å². The van der Waals surface area contributed by atoms with Gasteiger partial charge in [-0.3, -0.25) is 0 Å². The molecule has 1 aromatic carbocycles. The molecule has 1 aliphatic heterocycles. The molecule has 1 aliphatic carbocycles. The summed E-state index contributed by atoms with van der Waals surface area (Å²) in [4.78, 5) is 14.1. The van der Waals surface area contributed by atoms with E-state index in [-0.39, 0.29) is 6.03 Å². The summed E-state index contributed by atoms with van der Waals surface area (Å²) in [6.45, 7) is 2.12. The smallest absolute Gasteiger partial charge is 0.321 e. The molecule has 2 amide bonds. The van der Waals surface area contributed by atoms with Gasteiger partial charge in [0.2, 0.25) is 0 Å². The van der Waals surface area contributed by atoms with E-state index in [4.69, 9.17) is 21.1 Å². The lowest BCUT2D eigenvalue weighted by Gasteiger charge is -2.34. The van der Waals surface area contributed by atoms with E-state index in [2.05, 4.69) is 5.32 Å². The average Bonchev–Trinajstić information content (AvgIpc) is 2.98. The lowest BCUT2D eigenvalue weighted by molar-refractivity contribution is 0.166. The van der Waals surface area contributed by atoms with Gasteiger partial charge in [0.25, 0.3) is 0 Å². The lowest BCUT2D eigenvalue weighted by atomic mass is 9.92. The first-order valence-corrected chi connectivity index (χ1v) is 8.55. The number of nitrogens with one attached hydrogen (secondary N) is 1. The number of carbonyl (C=O) groups is 1. The summed E-state index contributed by atoms with van der Waals surface area (Å²) < 4.78 is 11.2. The molecule has 0 radical (unpaired) electrons. The van der Waals surface area contributed by atoms with Crippen LogP contribution in [-0.4, -0.2) is 43.8 Å². The minimum absolute atomic E-state index is 0.119. The zero-order chi connectivity index (χ0) is 16.2. The molecule has 5 nitrogen and oxygen atoms in total. The fourth-order valence-corrected chi connectivity index (χ4v) is 2.96. The molecule has 1 heterocycles. The lowest BCUT2D eigenvalue weighted by Crippen LogP contribution is -2.43. The van der Waals surface area contributed by atoms with Crippen LogP contribution in [0.2, 0.25) is 5.02 Å². The quantitative estimate of drug-likeness (QED) is 0.889. The fourth-order valence-electron chi connectivity index (χ4n) is 2.79. The summed E-state index contributed by atoms with van der Waals surface area (Å²) in [6, 6.07) is 5.53. The molecule has 23 heavy (non-hydrogen) atoms. The van der Waals surface area contributed by atoms with Crippen LogP contribution in [0.5, 0.6) is 5.75 Å². The van der Waals surface area contributed by atoms with Gasteiger partial charge < -0.3 is 19.7 Å². The highest BCUT2D eigenvalue weighted by Gasteiger charge is 2.26. The van der Waals surface area contributed by atoms with E-state index in [0.29, 0.717) is 35.0 Å². The average molecular weight is 339 g/mol. The Morgan fingerprint density at radius 1 is 1.43 bits per heavy atom. The molecule has 3 rings (SSSR count). The van der Waals surface area contributed by atoms with Crippen LogP contribution in [0.25, 0.3) is 0 Å². The topological polar surface area (TPSA) is 50.8 Å². The van der Waals surface area contributed by atoms with Gasteiger partial charge in [-0.15, -0.1) is 0 Å². The molecular weight excluding hydrogens is 316 g/mol. The Morgan fingerprint density at radius 3 is 2.91 bits per heavy atom. The molecular formula is C17H23ClN2O3. The fraction of sp³-hybridized carbons (Fsp3) is 0.588. The van der Waals surface area contributed by atoms with Crippen LogP contribution < -0.4 is 10.1 Å². The second-order valence-electron chi connectivity index (χ2n) is 6.31. The highest BCUT2D eigenvalue weighted by atomic mass is 35.5. The van der Waals surface area contributed by atoms with Crippen molar-refractivity contribution in [1.29, 1.82) is 0 Å². The Bertz CT molecular complexity index is 557. The van der Waals surface area contributed by atoms with Gasteiger partial charge in [-0.1, -0.05) is 11.6 Å². The maximum absolute atomic E-state index is 12.4. The number of anilines is 1. The number of halogens is 1. The van der Waals surface area contributed by atoms with Gasteiger partial charge in [-0.2, -0.15) is 0 Å². The number of ether oxygens (including phenoxy) is 2. The van der Waals surface area contributed by atoms with E-state index >= 15 is 0 Å². The van der Waals surface area contributed by atoms with Gasteiger partial charge in [0.05, 0.1) is 18.9 Å². The molecule has 1 N–H and O–H groups in total. The van der Waals surface area contributed by atoms with Crippen LogP contribution in [0.3, 0.4) is 0 Å². The van der Waals surface area contributed by atoms with E-state index in [0.717, 1.165) is 32.5 Å². The summed E-state index contributed by atoms with van der Waals surface area (Å²) in [7, 11) is 1.83. The van der Waals surface area contributed by atoms with Crippen molar-refractivity contribution in [2.75, 3.05) is 32.2 Å². The SMILES string of the molecule is CN(C(=O)Nc1cc(Cl)ccc1OCC1CCOC1)C1CCC1. The van der Waals surface area contributed by atoms with Crippen molar-refractivity contribution in [3.63, 3.8) is 0 Å². The third-order valence-corrected chi connectivity index (χ3v) is 4.86. The van der Waals surface area contributed by atoms with Crippen molar-refractivity contribution < 1.29 is 14.3 Å². The van der Waals surface area contributed by atoms with Crippen molar-refractivity contribution >= 4 is 23.3 Å². The summed E-state index contributed by atoms with van der Waals surface area (Å²) in [5.74, 6) is 1.06. The molecule has 1 unspecified atom stereocenters. The summed E-state index contributed by atoms with van der Waals surface area (Å²) in [6.07, 6.45) is 4.35. The van der Waals surface area contributed by atoms with Crippen molar-refractivity contribution in [2.45, 2.75) is 31.7 Å². The Balaban J connectivity index is 1.64. The minimum Gasteiger partial charge on any atom is -0.491 e. The summed E-state index contributed by atoms with van der Waals surface area (Å²) in [5, 5.41) is 3.49. The van der Waals surface area contributed by atoms with Crippen molar-refractivity contribution in [3.8, 4) is 5.75 Å². The van der Waals surface area contributed by atoms with Gasteiger partial charge in [0, 0.05) is 30.6 Å². The first kappa shape index (κ1) is 16.4. The number of hydrogen-bond donors (Lipinski definition) is 1. The highest BCUT2D eigenvalue weighted by molar-refractivity contribution is 6.31. The molecule has 0 aromatic heterocycles. The standard InChI is InChI=1S/C17H23ClN2O3/c1-20(14-3-2-4-14)17(21)19-15-9-13(18)5-6-16(15)23-11-12-7-8-22-10-12/h5-6,9,12,14H,2-4,7-8,10-11H2,1H3,(H,19,21). The molecule has 1 aromatic rings. The van der Waals surface area contributed by atoms with Crippen LogP contribution in [0.15, 0.2) is 18.2 Å². The number of carbonyl (C=O) groups excluding carboxylic acids is 1. The monoisotopic (exact) mass is 338 g/mol. The number of nitrogens with zero attached hydrogens (tertiary/aromatic N) is 1. The summed E-state index contributed by atoms with van der Waals surface area (Å²) >= 11 is 6.07. The Hall–Kier alpha value is -1.46. The predicted octanol–water partition coefficient (Wildman–Crippen LogP) is 3.77. The zero-order valence-corrected chi connectivity index (χ0v) is 14.1. The first-order valence-electron chi connectivity index (χ1n) is 8.17. The summed E-state index contributed by atoms with van der Waals surface area (Å²) in [5.41, 5.74) is 0.618. The molecule has 126 valence electrons. The third kappa shape index (κ3) is 4.09. The van der Waals surface area contributed by atoms with E-state index in [1.807, 2.05) is 7.05 Å². The number of benzene rings is 1. The number of urea groups is 1. The van der Waals surface area contributed by atoms with Crippen LogP contribution in [0, 0.1) is 5.92 Å². The largest absolute Gasteiger partial charge is 0.491 e. The second-order valence-corrected chi connectivity index (χ2v) is 6.74. The number of rotatable bonds is 5. The molecule has 0 bridgehead atoms. The van der Waals surface area contributed by atoms with Crippen molar-refractivity contribution in [1.82, 2.24) is 4.90 Å². The van der Waals surface area contributed by atoms with Crippen LogP contribution in [0.1, 0.15) is 25.7 Å². The molecule has 2 fully saturated rings. The maximum atomic E-state index is 12.4. The first-order chi connectivity index (χ1) is 11.1. The molecule has 1 atom stereocenters. The Labute approximate surface area is 141 Å². The van der Waals surface area contributed by atoms with Gasteiger partial charge in [-0.25, -0.2) is 4.79 Å². The Morgan fingerprint density at radius 2 is 2.26 bits per heavy atom. The van der Waals surface area contributed by atoms with Gasteiger partial charge in [0.1, 0.15) is 5.75 Å². The molecule has 2 aliphatic rings. The van der Waals surface area contributed by atoms with Crippen molar-refractivity contribution in [2.24, 2.45) is 5.92 Å². The Kier molecular flexibility index (Phi) is 5.28. The third-order valence-electron chi connectivity index (χ3n) is 4.62. The van der Waals surface area contributed by atoms with E-state index < -0.39 is 0 Å². The van der Waals surface area contributed by atoms with Gasteiger partial charge in [-0.05, 0) is 43.9 Å². The van der Waals surface area contributed by atoms with Crippen LogP contribution in [0.4, 0.5) is 10.5 Å². The highest BCUT2D eigenvalue weighted by Crippen LogP contribution is 2.30. The predicted molar refractivity (Wildman–Crippen MR) is 90.3 cm³/mol. The number of amides is 2. The van der Waals surface area contributed by atoms with E-state index in [1.54, 1.807) is 23.1 Å². The van der Waals surface area contributed by atoms with Crippen LogP contribution >= 0.6 is 11.6 Å². The normalized spacial score (nSPS) is 20.9. The van der Waals surface area contributed by atoms with E-state index in [9.17, 15) is 4.79 Å². The molecule has 1 saturated carbocycles. The van der Waals surface area contributed by atoms with Crippen molar-refractivity contribution in [3.05, 3.63) is 23.2 Å². The molecule has 1 saturated heterocycles. The maximum Gasteiger partial charge on any atom is 0.321 e. The van der Waals surface area contributed by atoms with Gasteiger partial charge in [0.15, 0.2) is 0 Å². The van der Waals surface area contributed by atoms with Crippen LogP contribution in [-0.2, 0) is 4.74 Å². The number of hydrogen-bond acceptors (Lipinski definition) is 3. The molecule has 0 spiro atoms. The molecule has 6 heteroatoms. The second kappa shape index (κ2) is 7.41. The minimum atomic E-state index is -0.119. The van der Waals surface area contributed by atoms with E-state index in [1.165, 1.54) is 6.42 Å². The zero-order valence-electron chi connectivity index (χ0n) is 13.4.